The first kappa shape index (κ1) is 17.4. The minimum Gasteiger partial charge on any atom is -0.383 e. The molecule has 0 spiro atoms. The monoisotopic (exact) mass is 293 g/mol. The molecule has 1 unspecified atom stereocenters. The van der Waals surface area contributed by atoms with E-state index in [4.69, 9.17) is 4.74 Å². The fourth-order valence-electron chi connectivity index (χ4n) is 1.98. The van der Waals surface area contributed by atoms with Gasteiger partial charge in [-0.1, -0.05) is 20.8 Å². The number of nitrogens with one attached hydrogen (secondary N) is 2. The van der Waals surface area contributed by atoms with Crippen LogP contribution >= 0.6 is 0 Å². The second-order valence-corrected chi connectivity index (χ2v) is 5.59. The van der Waals surface area contributed by atoms with Crippen molar-refractivity contribution in [3.8, 4) is 0 Å². The quantitative estimate of drug-likeness (QED) is 0.773. The predicted octanol–water partition coefficient (Wildman–Crippen LogP) is 2.61. The Labute approximate surface area is 127 Å². The summed E-state index contributed by atoms with van der Waals surface area (Å²) in [4.78, 5) is 16.8. The van der Waals surface area contributed by atoms with Crippen LogP contribution in [0.4, 0.5) is 5.82 Å². The molecule has 1 aromatic rings. The highest BCUT2D eigenvalue weighted by molar-refractivity contribution is 5.95. The third-order valence-corrected chi connectivity index (χ3v) is 3.24. The van der Waals surface area contributed by atoms with Crippen molar-refractivity contribution in [2.75, 3.05) is 25.6 Å². The van der Waals surface area contributed by atoms with Crippen LogP contribution in [0.25, 0.3) is 0 Å². The van der Waals surface area contributed by atoms with Crippen molar-refractivity contribution in [1.29, 1.82) is 0 Å². The lowest BCUT2D eigenvalue weighted by molar-refractivity contribution is 0.0866. The van der Waals surface area contributed by atoms with Crippen LogP contribution in [-0.2, 0) is 4.74 Å². The maximum Gasteiger partial charge on any atom is 0.251 e. The van der Waals surface area contributed by atoms with Gasteiger partial charge in [-0.2, -0.15) is 0 Å². The molecule has 118 valence electrons. The first-order valence-corrected chi connectivity index (χ1v) is 7.50. The highest BCUT2D eigenvalue weighted by Gasteiger charge is 2.17. The number of ether oxygens (including phenoxy) is 1. The fourth-order valence-corrected chi connectivity index (χ4v) is 1.98. The molecule has 5 nitrogen and oxygen atoms in total. The Balaban J connectivity index is 2.83. The molecule has 0 radical (unpaired) electrons. The summed E-state index contributed by atoms with van der Waals surface area (Å²) in [6, 6.07) is 3.60. The molecule has 0 aliphatic carbocycles. The number of amides is 1. The third kappa shape index (κ3) is 5.71. The summed E-state index contributed by atoms with van der Waals surface area (Å²) in [5.41, 5.74) is 1.46. The first-order chi connectivity index (χ1) is 9.97. The van der Waals surface area contributed by atoms with Gasteiger partial charge in [0, 0.05) is 24.9 Å². The molecule has 5 heteroatoms. The summed E-state index contributed by atoms with van der Waals surface area (Å²) in [6.45, 7) is 9.47. The average molecular weight is 293 g/mol. The molecule has 0 saturated carbocycles. The molecule has 1 aromatic heterocycles. The number of rotatable bonds is 8. The van der Waals surface area contributed by atoms with Crippen molar-refractivity contribution < 1.29 is 9.53 Å². The Bertz CT molecular complexity index is 461. The molecule has 0 fully saturated rings. The van der Waals surface area contributed by atoms with E-state index in [2.05, 4.69) is 36.4 Å². The van der Waals surface area contributed by atoms with Crippen molar-refractivity contribution in [3.63, 3.8) is 0 Å². The lowest BCUT2D eigenvalue weighted by Gasteiger charge is -2.21. The van der Waals surface area contributed by atoms with Crippen molar-refractivity contribution >= 4 is 11.7 Å². The molecule has 2 N–H and O–H groups in total. The molecule has 1 rings (SSSR count). The summed E-state index contributed by atoms with van der Waals surface area (Å²) in [5, 5.41) is 6.24. The van der Waals surface area contributed by atoms with Gasteiger partial charge in [0.1, 0.15) is 5.82 Å². The summed E-state index contributed by atoms with van der Waals surface area (Å²) >= 11 is 0. The first-order valence-electron chi connectivity index (χ1n) is 7.50. The molecule has 0 aliphatic heterocycles. The number of carbonyl (C=O) groups excluding carboxylic acids is 1. The molecule has 1 amide bonds. The molecule has 0 saturated heterocycles. The SMILES string of the molecule is CCCNc1cc(C(=O)NC(COC)C(C)C)cc(C)n1. The van der Waals surface area contributed by atoms with Gasteiger partial charge in [-0.25, -0.2) is 4.98 Å². The topological polar surface area (TPSA) is 63.2 Å². The smallest absolute Gasteiger partial charge is 0.251 e. The standard InChI is InChI=1S/C16H27N3O2/c1-6-7-17-15-9-13(8-12(4)18-15)16(20)19-14(10-21-5)11(2)3/h8-9,11,14H,6-7,10H2,1-5H3,(H,17,18)(H,19,20). The van der Waals surface area contributed by atoms with E-state index in [0.29, 0.717) is 18.1 Å². The molecular weight excluding hydrogens is 266 g/mol. The minimum absolute atomic E-state index is 0.00280. The van der Waals surface area contributed by atoms with Crippen molar-refractivity contribution in [2.24, 2.45) is 5.92 Å². The average Bonchev–Trinajstić information content (AvgIpc) is 2.43. The molecule has 1 heterocycles. The highest BCUT2D eigenvalue weighted by Crippen LogP contribution is 2.11. The van der Waals surface area contributed by atoms with E-state index in [-0.39, 0.29) is 11.9 Å². The number of pyridine rings is 1. The zero-order chi connectivity index (χ0) is 15.8. The summed E-state index contributed by atoms with van der Waals surface area (Å²) in [7, 11) is 1.64. The van der Waals surface area contributed by atoms with Gasteiger partial charge in [0.2, 0.25) is 0 Å². The second-order valence-electron chi connectivity index (χ2n) is 5.59. The van der Waals surface area contributed by atoms with Gasteiger partial charge in [-0.3, -0.25) is 4.79 Å². The van der Waals surface area contributed by atoms with E-state index in [0.717, 1.165) is 24.5 Å². The van der Waals surface area contributed by atoms with Crippen molar-refractivity contribution in [2.45, 2.75) is 40.2 Å². The molecule has 0 aliphatic rings. The van der Waals surface area contributed by atoms with Crippen LogP contribution in [0.5, 0.6) is 0 Å². The van der Waals surface area contributed by atoms with E-state index in [9.17, 15) is 4.79 Å². The van der Waals surface area contributed by atoms with Crippen molar-refractivity contribution in [3.05, 3.63) is 23.4 Å². The number of carbonyl (C=O) groups is 1. The van der Waals surface area contributed by atoms with E-state index in [1.807, 2.05) is 6.92 Å². The highest BCUT2D eigenvalue weighted by atomic mass is 16.5. The van der Waals surface area contributed by atoms with Crippen molar-refractivity contribution in [1.82, 2.24) is 10.3 Å². The maximum absolute atomic E-state index is 12.4. The number of aryl methyl sites for hydroxylation is 1. The van der Waals surface area contributed by atoms with Crippen LogP contribution < -0.4 is 10.6 Å². The number of methoxy groups -OCH3 is 1. The fraction of sp³-hybridized carbons (Fsp3) is 0.625. The van der Waals surface area contributed by atoms with Gasteiger partial charge in [-0.05, 0) is 31.4 Å². The number of aromatic nitrogens is 1. The lowest BCUT2D eigenvalue weighted by Crippen LogP contribution is -2.41. The molecular formula is C16H27N3O2. The predicted molar refractivity (Wildman–Crippen MR) is 85.7 cm³/mol. The van der Waals surface area contributed by atoms with Gasteiger partial charge in [0.25, 0.3) is 5.91 Å². The van der Waals surface area contributed by atoms with Crippen LogP contribution in [0.1, 0.15) is 43.2 Å². The summed E-state index contributed by atoms with van der Waals surface area (Å²) in [6.07, 6.45) is 1.01. The Kier molecular flexibility index (Phi) is 7.15. The molecule has 0 aromatic carbocycles. The van der Waals surface area contributed by atoms with Crippen LogP contribution in [0.2, 0.25) is 0 Å². The van der Waals surface area contributed by atoms with Crippen LogP contribution in [0.3, 0.4) is 0 Å². The van der Waals surface area contributed by atoms with E-state index >= 15 is 0 Å². The normalized spacial score (nSPS) is 12.3. The Hall–Kier alpha value is -1.62. The van der Waals surface area contributed by atoms with Gasteiger partial charge < -0.3 is 15.4 Å². The molecule has 21 heavy (non-hydrogen) atoms. The van der Waals surface area contributed by atoms with Gasteiger partial charge in [0.05, 0.1) is 12.6 Å². The molecule has 1 atom stereocenters. The number of hydrogen-bond donors (Lipinski definition) is 2. The molecule has 0 bridgehead atoms. The van der Waals surface area contributed by atoms with E-state index < -0.39 is 0 Å². The zero-order valence-electron chi connectivity index (χ0n) is 13.7. The second kappa shape index (κ2) is 8.62. The van der Waals surface area contributed by atoms with Gasteiger partial charge in [-0.15, -0.1) is 0 Å². The number of nitrogens with zero attached hydrogens (tertiary/aromatic N) is 1. The summed E-state index contributed by atoms with van der Waals surface area (Å²) < 4.78 is 5.16. The summed E-state index contributed by atoms with van der Waals surface area (Å²) in [5.74, 6) is 0.972. The minimum atomic E-state index is -0.0872. The number of hydrogen-bond acceptors (Lipinski definition) is 4. The zero-order valence-corrected chi connectivity index (χ0v) is 13.7. The van der Waals surface area contributed by atoms with Gasteiger partial charge in [0.15, 0.2) is 0 Å². The van der Waals surface area contributed by atoms with E-state index in [1.54, 1.807) is 19.2 Å². The largest absolute Gasteiger partial charge is 0.383 e. The number of anilines is 1. The van der Waals surface area contributed by atoms with Crippen LogP contribution in [0, 0.1) is 12.8 Å². The third-order valence-electron chi connectivity index (χ3n) is 3.24. The maximum atomic E-state index is 12.4. The Morgan fingerprint density at radius 2 is 2.10 bits per heavy atom. The van der Waals surface area contributed by atoms with E-state index in [1.165, 1.54) is 0 Å². The van der Waals surface area contributed by atoms with Crippen LogP contribution in [0.15, 0.2) is 12.1 Å². The lowest BCUT2D eigenvalue weighted by atomic mass is 10.0. The Morgan fingerprint density at radius 1 is 1.38 bits per heavy atom. The van der Waals surface area contributed by atoms with Crippen LogP contribution in [-0.4, -0.2) is 37.2 Å². The Morgan fingerprint density at radius 3 is 2.67 bits per heavy atom. The van der Waals surface area contributed by atoms with Gasteiger partial charge >= 0.3 is 0 Å².